The Bertz CT molecular complexity index is 295. The number of esters is 1. The highest BCUT2D eigenvalue weighted by molar-refractivity contribution is 5.69. The minimum absolute atomic E-state index is 0.0446. The van der Waals surface area contributed by atoms with Gasteiger partial charge in [-0.15, -0.1) is 0 Å². The van der Waals surface area contributed by atoms with Gasteiger partial charge in [0.05, 0.1) is 0 Å². The van der Waals surface area contributed by atoms with E-state index in [9.17, 15) is 24.9 Å². The average molecular weight is 306 g/mol. The number of ether oxygens (including phenoxy) is 1. The van der Waals surface area contributed by atoms with Gasteiger partial charge in [0, 0.05) is 6.42 Å². The second-order valence-corrected chi connectivity index (χ2v) is 5.02. The molecule has 4 unspecified atom stereocenters. The zero-order chi connectivity index (χ0) is 16.3. The average Bonchev–Trinajstić information content (AvgIpc) is 2.49. The van der Waals surface area contributed by atoms with E-state index in [0.29, 0.717) is 6.42 Å². The molecule has 0 saturated carbocycles. The highest BCUT2D eigenvalue weighted by Crippen LogP contribution is 2.08. The maximum atomic E-state index is 11.4. The van der Waals surface area contributed by atoms with Crippen molar-refractivity contribution in [2.24, 2.45) is 0 Å². The second-order valence-electron chi connectivity index (χ2n) is 5.02. The number of carbonyl (C=O) groups excluding carboxylic acids is 2. The van der Waals surface area contributed by atoms with E-state index in [2.05, 4.69) is 6.92 Å². The van der Waals surface area contributed by atoms with Crippen molar-refractivity contribution in [2.75, 3.05) is 6.61 Å². The summed E-state index contributed by atoms with van der Waals surface area (Å²) in [6, 6.07) is 0. The standard InChI is InChI=1S/C14H26O7/c1-2-3-4-5-6-7-12(18)21-9-11(17)14(20)13(19)10(16)8-15/h8,10-11,13-14,16-17,19-20H,2-7,9H2,1H3. The summed E-state index contributed by atoms with van der Waals surface area (Å²) in [6.07, 6.45) is -1.78. The van der Waals surface area contributed by atoms with Gasteiger partial charge in [0.15, 0.2) is 6.29 Å². The van der Waals surface area contributed by atoms with Gasteiger partial charge in [-0.1, -0.05) is 32.6 Å². The molecule has 0 aliphatic heterocycles. The molecular formula is C14H26O7. The molecule has 0 aromatic heterocycles. The van der Waals surface area contributed by atoms with Gasteiger partial charge < -0.3 is 30.0 Å². The van der Waals surface area contributed by atoms with Gasteiger partial charge in [-0.05, 0) is 6.42 Å². The Morgan fingerprint density at radius 2 is 1.67 bits per heavy atom. The Morgan fingerprint density at radius 1 is 1.05 bits per heavy atom. The molecular weight excluding hydrogens is 280 g/mol. The first-order valence-corrected chi connectivity index (χ1v) is 7.27. The van der Waals surface area contributed by atoms with Crippen LogP contribution in [0.25, 0.3) is 0 Å². The van der Waals surface area contributed by atoms with E-state index in [-0.39, 0.29) is 12.7 Å². The number of carbonyl (C=O) groups is 2. The number of aliphatic hydroxyl groups is 4. The number of hydrogen-bond donors (Lipinski definition) is 4. The first-order valence-electron chi connectivity index (χ1n) is 7.27. The zero-order valence-electron chi connectivity index (χ0n) is 12.4. The summed E-state index contributed by atoms with van der Waals surface area (Å²) in [5, 5.41) is 37.3. The predicted molar refractivity (Wildman–Crippen MR) is 74.4 cm³/mol. The molecule has 4 atom stereocenters. The van der Waals surface area contributed by atoms with E-state index in [1.54, 1.807) is 0 Å². The summed E-state index contributed by atoms with van der Waals surface area (Å²) in [4.78, 5) is 21.6. The molecule has 0 radical (unpaired) electrons. The number of aldehydes is 1. The van der Waals surface area contributed by atoms with Gasteiger partial charge in [-0.2, -0.15) is 0 Å². The maximum Gasteiger partial charge on any atom is 0.305 e. The van der Waals surface area contributed by atoms with Gasteiger partial charge >= 0.3 is 5.97 Å². The summed E-state index contributed by atoms with van der Waals surface area (Å²) in [5.41, 5.74) is 0. The molecule has 7 nitrogen and oxygen atoms in total. The van der Waals surface area contributed by atoms with Crippen molar-refractivity contribution in [3.8, 4) is 0 Å². The normalized spacial score (nSPS) is 16.8. The van der Waals surface area contributed by atoms with Crippen LogP contribution in [0.4, 0.5) is 0 Å². The fourth-order valence-electron chi connectivity index (χ4n) is 1.73. The van der Waals surface area contributed by atoms with Crippen molar-refractivity contribution >= 4 is 12.3 Å². The third-order valence-corrected chi connectivity index (χ3v) is 3.13. The van der Waals surface area contributed by atoms with E-state index in [1.807, 2.05) is 0 Å². The van der Waals surface area contributed by atoms with E-state index >= 15 is 0 Å². The van der Waals surface area contributed by atoms with Crippen molar-refractivity contribution in [3.05, 3.63) is 0 Å². The minimum Gasteiger partial charge on any atom is -0.463 e. The molecule has 0 bridgehead atoms. The summed E-state index contributed by atoms with van der Waals surface area (Å²) in [6.45, 7) is 1.59. The topological polar surface area (TPSA) is 124 Å². The highest BCUT2D eigenvalue weighted by Gasteiger charge is 2.30. The summed E-state index contributed by atoms with van der Waals surface area (Å²) in [7, 11) is 0. The molecule has 0 aliphatic carbocycles. The molecule has 0 amide bonds. The van der Waals surface area contributed by atoms with Crippen LogP contribution in [-0.2, 0) is 14.3 Å². The number of hydrogen-bond acceptors (Lipinski definition) is 7. The Kier molecular flexibility index (Phi) is 11.1. The predicted octanol–water partition coefficient (Wildman–Crippen LogP) is -0.467. The third kappa shape index (κ3) is 8.77. The highest BCUT2D eigenvalue weighted by atomic mass is 16.5. The molecule has 0 aromatic rings. The van der Waals surface area contributed by atoms with Crippen LogP contribution < -0.4 is 0 Å². The largest absolute Gasteiger partial charge is 0.463 e. The van der Waals surface area contributed by atoms with Crippen LogP contribution in [0, 0.1) is 0 Å². The van der Waals surface area contributed by atoms with Gasteiger partial charge in [-0.3, -0.25) is 4.79 Å². The quantitative estimate of drug-likeness (QED) is 0.218. The van der Waals surface area contributed by atoms with Crippen LogP contribution in [0.2, 0.25) is 0 Å². The van der Waals surface area contributed by atoms with Crippen LogP contribution >= 0.6 is 0 Å². The Balaban J connectivity index is 3.87. The molecule has 0 aromatic carbocycles. The van der Waals surface area contributed by atoms with Crippen molar-refractivity contribution in [1.82, 2.24) is 0 Å². The molecule has 0 spiro atoms. The lowest BCUT2D eigenvalue weighted by Gasteiger charge is -2.23. The molecule has 0 fully saturated rings. The smallest absolute Gasteiger partial charge is 0.305 e. The van der Waals surface area contributed by atoms with Crippen LogP contribution in [-0.4, -0.2) is 63.7 Å². The maximum absolute atomic E-state index is 11.4. The van der Waals surface area contributed by atoms with Crippen LogP contribution in [0.1, 0.15) is 45.4 Å². The van der Waals surface area contributed by atoms with Crippen molar-refractivity contribution in [1.29, 1.82) is 0 Å². The fourth-order valence-corrected chi connectivity index (χ4v) is 1.73. The first-order chi connectivity index (χ1) is 9.93. The van der Waals surface area contributed by atoms with E-state index in [4.69, 9.17) is 9.84 Å². The lowest BCUT2D eigenvalue weighted by Crippen LogP contribution is -2.46. The van der Waals surface area contributed by atoms with Crippen molar-refractivity contribution in [3.63, 3.8) is 0 Å². The van der Waals surface area contributed by atoms with E-state index in [1.165, 1.54) is 0 Å². The van der Waals surface area contributed by atoms with Crippen LogP contribution in [0.5, 0.6) is 0 Å². The fraction of sp³-hybridized carbons (Fsp3) is 0.857. The number of unbranched alkanes of at least 4 members (excludes halogenated alkanes) is 4. The monoisotopic (exact) mass is 306 g/mol. The molecule has 0 rings (SSSR count). The minimum atomic E-state index is -1.83. The third-order valence-electron chi connectivity index (χ3n) is 3.13. The van der Waals surface area contributed by atoms with E-state index < -0.39 is 37.0 Å². The van der Waals surface area contributed by atoms with Crippen molar-refractivity contribution in [2.45, 2.75) is 69.9 Å². The molecule has 0 saturated heterocycles. The number of aliphatic hydroxyl groups excluding tert-OH is 4. The summed E-state index contributed by atoms with van der Waals surface area (Å²) >= 11 is 0. The Labute approximate surface area is 124 Å². The molecule has 21 heavy (non-hydrogen) atoms. The van der Waals surface area contributed by atoms with Gasteiger partial charge in [-0.25, -0.2) is 0 Å². The Morgan fingerprint density at radius 3 is 2.24 bits per heavy atom. The zero-order valence-corrected chi connectivity index (χ0v) is 12.4. The summed E-state index contributed by atoms with van der Waals surface area (Å²) < 4.78 is 4.77. The molecule has 7 heteroatoms. The van der Waals surface area contributed by atoms with Gasteiger partial charge in [0.25, 0.3) is 0 Å². The van der Waals surface area contributed by atoms with Gasteiger partial charge in [0.1, 0.15) is 31.0 Å². The van der Waals surface area contributed by atoms with Crippen molar-refractivity contribution < 1.29 is 34.8 Å². The van der Waals surface area contributed by atoms with Gasteiger partial charge in [0.2, 0.25) is 0 Å². The first kappa shape index (κ1) is 20.0. The van der Waals surface area contributed by atoms with Crippen LogP contribution in [0.3, 0.4) is 0 Å². The molecule has 124 valence electrons. The van der Waals surface area contributed by atoms with E-state index in [0.717, 1.165) is 25.7 Å². The van der Waals surface area contributed by atoms with Crippen LogP contribution in [0.15, 0.2) is 0 Å². The SMILES string of the molecule is CCCCCCCC(=O)OCC(O)C(O)C(O)C(O)C=O. The lowest BCUT2D eigenvalue weighted by molar-refractivity contribution is -0.156. The number of rotatable bonds is 12. The second kappa shape index (κ2) is 11.6. The molecule has 0 heterocycles. The molecule has 4 N–H and O–H groups in total. The molecule has 0 aliphatic rings. The Hall–Kier alpha value is -1.02. The summed E-state index contributed by atoms with van der Waals surface area (Å²) in [5.74, 6) is -0.497. The lowest BCUT2D eigenvalue weighted by atomic mass is 10.0.